The summed E-state index contributed by atoms with van der Waals surface area (Å²) in [4.78, 5) is 29.5. The Morgan fingerprint density at radius 3 is 2.70 bits per heavy atom. The molecule has 9 heteroatoms. The summed E-state index contributed by atoms with van der Waals surface area (Å²) in [6, 6.07) is 4.59. The van der Waals surface area contributed by atoms with Crippen LogP contribution < -0.4 is 15.5 Å². The highest BCUT2D eigenvalue weighted by atomic mass is 19.4. The van der Waals surface area contributed by atoms with Gasteiger partial charge in [-0.05, 0) is 30.7 Å². The van der Waals surface area contributed by atoms with Crippen LogP contribution in [0.3, 0.4) is 0 Å². The van der Waals surface area contributed by atoms with Crippen LogP contribution in [0, 0.1) is 6.92 Å². The van der Waals surface area contributed by atoms with Crippen molar-refractivity contribution in [3.8, 4) is 0 Å². The smallest absolute Gasteiger partial charge is 0.337 e. The van der Waals surface area contributed by atoms with E-state index in [2.05, 4.69) is 10.3 Å². The predicted octanol–water partition coefficient (Wildman–Crippen LogP) is 2.95. The van der Waals surface area contributed by atoms with E-state index in [-0.39, 0.29) is 17.2 Å². The Kier molecular flexibility index (Phi) is 5.02. The maximum Gasteiger partial charge on any atom is 0.412 e. The van der Waals surface area contributed by atoms with Gasteiger partial charge >= 0.3 is 12.2 Å². The second-order valence-corrected chi connectivity index (χ2v) is 6.12. The van der Waals surface area contributed by atoms with Crippen LogP contribution in [0.25, 0.3) is 0 Å². The van der Waals surface area contributed by atoms with Crippen molar-refractivity contribution in [1.82, 2.24) is 15.6 Å². The Balaban J connectivity index is 1.88. The number of halogens is 3. The van der Waals surface area contributed by atoms with Gasteiger partial charge in [-0.3, -0.25) is 14.7 Å². The van der Waals surface area contributed by atoms with E-state index in [0.717, 1.165) is 11.8 Å². The normalized spacial score (nSPS) is 15.4. The number of carbonyl (C=O) groups excluding carboxylic acids is 2. The van der Waals surface area contributed by atoms with Gasteiger partial charge in [-0.15, -0.1) is 0 Å². The molecule has 27 heavy (non-hydrogen) atoms. The van der Waals surface area contributed by atoms with Gasteiger partial charge in [0.1, 0.15) is 0 Å². The van der Waals surface area contributed by atoms with Crippen molar-refractivity contribution in [3.05, 3.63) is 59.4 Å². The second kappa shape index (κ2) is 7.26. The van der Waals surface area contributed by atoms with Crippen LogP contribution in [-0.2, 0) is 0 Å². The van der Waals surface area contributed by atoms with E-state index in [1.165, 1.54) is 35.4 Å². The first kappa shape index (κ1) is 18.7. The molecule has 1 aromatic carbocycles. The van der Waals surface area contributed by atoms with E-state index >= 15 is 0 Å². The minimum atomic E-state index is -4.68. The molecule has 0 spiro atoms. The maximum atomic E-state index is 13.4. The zero-order valence-corrected chi connectivity index (χ0v) is 14.4. The highest BCUT2D eigenvalue weighted by molar-refractivity contribution is 5.99. The molecular formula is C18H17F3N4O2. The number of nitrogens with one attached hydrogen (secondary N) is 2. The molecule has 1 aliphatic rings. The number of aryl methyl sites for hydroxylation is 1. The molecule has 2 heterocycles. The van der Waals surface area contributed by atoms with Gasteiger partial charge < -0.3 is 10.6 Å². The fourth-order valence-corrected chi connectivity index (χ4v) is 2.86. The number of hydrogen-bond donors (Lipinski definition) is 2. The average Bonchev–Trinajstić information content (AvgIpc) is 3.05. The van der Waals surface area contributed by atoms with Gasteiger partial charge in [-0.1, -0.05) is 12.1 Å². The zero-order valence-electron chi connectivity index (χ0n) is 14.4. The SMILES string of the molecule is Cc1ccc(C(=O)NC(c2cccnc2)C(F)(F)F)cc1N1CCNC1=O. The third-order valence-electron chi connectivity index (χ3n) is 4.24. The van der Waals surface area contributed by atoms with Gasteiger partial charge in [-0.25, -0.2) is 4.79 Å². The minimum absolute atomic E-state index is 0.0356. The maximum absolute atomic E-state index is 13.4. The van der Waals surface area contributed by atoms with Crippen LogP contribution in [-0.4, -0.2) is 36.2 Å². The Bertz CT molecular complexity index is 855. The largest absolute Gasteiger partial charge is 0.412 e. The number of anilines is 1. The van der Waals surface area contributed by atoms with Crippen LogP contribution in [0.5, 0.6) is 0 Å². The summed E-state index contributed by atoms with van der Waals surface area (Å²) in [6.45, 7) is 2.65. The van der Waals surface area contributed by atoms with E-state index in [4.69, 9.17) is 0 Å². The Morgan fingerprint density at radius 1 is 1.33 bits per heavy atom. The minimum Gasteiger partial charge on any atom is -0.337 e. The lowest BCUT2D eigenvalue weighted by Crippen LogP contribution is -2.38. The molecule has 0 aliphatic carbocycles. The van der Waals surface area contributed by atoms with Crippen molar-refractivity contribution >= 4 is 17.6 Å². The van der Waals surface area contributed by atoms with Crippen molar-refractivity contribution < 1.29 is 22.8 Å². The fourth-order valence-electron chi connectivity index (χ4n) is 2.86. The number of amides is 3. The van der Waals surface area contributed by atoms with Crippen molar-refractivity contribution in [2.24, 2.45) is 0 Å². The summed E-state index contributed by atoms with van der Waals surface area (Å²) >= 11 is 0. The van der Waals surface area contributed by atoms with Crippen LogP contribution in [0.2, 0.25) is 0 Å². The summed E-state index contributed by atoms with van der Waals surface area (Å²) in [7, 11) is 0. The van der Waals surface area contributed by atoms with Crippen molar-refractivity contribution in [1.29, 1.82) is 0 Å². The topological polar surface area (TPSA) is 74.3 Å². The van der Waals surface area contributed by atoms with Crippen LogP contribution in [0.15, 0.2) is 42.7 Å². The Hall–Kier alpha value is -3.10. The first-order valence-electron chi connectivity index (χ1n) is 8.21. The average molecular weight is 378 g/mol. The number of alkyl halides is 3. The van der Waals surface area contributed by atoms with Crippen molar-refractivity contribution in [3.63, 3.8) is 0 Å². The van der Waals surface area contributed by atoms with Gasteiger partial charge in [0, 0.05) is 42.3 Å². The summed E-state index contributed by atoms with van der Waals surface area (Å²) in [5.74, 6) is -0.887. The van der Waals surface area contributed by atoms with Crippen LogP contribution in [0.4, 0.5) is 23.7 Å². The molecule has 6 nitrogen and oxygen atoms in total. The van der Waals surface area contributed by atoms with Gasteiger partial charge in [-0.2, -0.15) is 13.2 Å². The third kappa shape index (κ3) is 4.02. The summed E-state index contributed by atoms with van der Waals surface area (Å²) in [6.07, 6.45) is -2.26. The molecule has 1 fully saturated rings. The zero-order chi connectivity index (χ0) is 19.6. The molecule has 2 aromatic rings. The van der Waals surface area contributed by atoms with Crippen LogP contribution in [0.1, 0.15) is 27.5 Å². The van der Waals surface area contributed by atoms with E-state index in [9.17, 15) is 22.8 Å². The van der Waals surface area contributed by atoms with Gasteiger partial charge in [0.05, 0.1) is 0 Å². The molecule has 3 amide bonds. The van der Waals surface area contributed by atoms with E-state index in [1.807, 2.05) is 5.32 Å². The third-order valence-corrected chi connectivity index (χ3v) is 4.24. The number of rotatable bonds is 4. The molecule has 1 unspecified atom stereocenters. The van der Waals surface area contributed by atoms with E-state index in [1.54, 1.807) is 13.0 Å². The van der Waals surface area contributed by atoms with Gasteiger partial charge in [0.25, 0.3) is 5.91 Å². The molecule has 2 N–H and O–H groups in total. The number of aromatic nitrogens is 1. The number of nitrogens with zero attached hydrogens (tertiary/aromatic N) is 2. The quantitative estimate of drug-likeness (QED) is 0.859. The van der Waals surface area contributed by atoms with Crippen molar-refractivity contribution in [2.75, 3.05) is 18.0 Å². The molecule has 1 aliphatic heterocycles. The summed E-state index contributed by atoms with van der Waals surface area (Å²) in [5, 5.41) is 4.66. The number of urea groups is 1. The molecule has 1 atom stereocenters. The molecule has 0 radical (unpaired) electrons. The molecule has 1 saturated heterocycles. The summed E-state index contributed by atoms with van der Waals surface area (Å²) < 4.78 is 40.3. The van der Waals surface area contributed by atoms with Gasteiger partial charge in [0.2, 0.25) is 0 Å². The van der Waals surface area contributed by atoms with E-state index in [0.29, 0.717) is 18.8 Å². The number of pyridine rings is 1. The number of hydrogen-bond acceptors (Lipinski definition) is 3. The van der Waals surface area contributed by atoms with E-state index < -0.39 is 18.1 Å². The fraction of sp³-hybridized carbons (Fsp3) is 0.278. The second-order valence-electron chi connectivity index (χ2n) is 6.12. The lowest BCUT2D eigenvalue weighted by molar-refractivity contribution is -0.155. The predicted molar refractivity (Wildman–Crippen MR) is 92.4 cm³/mol. The number of benzene rings is 1. The monoisotopic (exact) mass is 378 g/mol. The number of carbonyl (C=O) groups is 2. The molecule has 3 rings (SSSR count). The lowest BCUT2D eigenvalue weighted by Gasteiger charge is -2.22. The molecule has 0 saturated carbocycles. The molecular weight excluding hydrogens is 361 g/mol. The molecule has 1 aromatic heterocycles. The highest BCUT2D eigenvalue weighted by Gasteiger charge is 2.42. The first-order chi connectivity index (χ1) is 12.8. The Labute approximate surface area is 153 Å². The highest BCUT2D eigenvalue weighted by Crippen LogP contribution is 2.33. The summed E-state index contributed by atoms with van der Waals surface area (Å²) in [5.41, 5.74) is 1.10. The lowest BCUT2D eigenvalue weighted by atomic mass is 10.1. The Morgan fingerprint density at radius 2 is 2.11 bits per heavy atom. The van der Waals surface area contributed by atoms with Crippen molar-refractivity contribution in [2.45, 2.75) is 19.1 Å². The molecule has 0 bridgehead atoms. The standard InChI is InChI=1S/C18H17F3N4O2/c1-11-4-5-12(9-14(11)25-8-7-23-17(25)27)16(26)24-15(18(19,20)21)13-3-2-6-22-10-13/h2-6,9-10,15H,7-8H2,1H3,(H,23,27)(H,24,26). The van der Waals surface area contributed by atoms with Crippen LogP contribution >= 0.6 is 0 Å². The molecule has 142 valence electrons. The first-order valence-corrected chi connectivity index (χ1v) is 8.21. The van der Waals surface area contributed by atoms with Gasteiger partial charge in [0.15, 0.2) is 6.04 Å².